The normalized spacial score (nSPS) is 21.1. The number of benzene rings is 1. The molecule has 1 aromatic rings. The summed E-state index contributed by atoms with van der Waals surface area (Å²) in [7, 11) is -4.95. The van der Waals surface area contributed by atoms with Gasteiger partial charge >= 0.3 is 7.12 Å². The summed E-state index contributed by atoms with van der Waals surface area (Å²) in [6.45, 7) is 8.99. The van der Waals surface area contributed by atoms with E-state index in [0.717, 1.165) is 0 Å². The van der Waals surface area contributed by atoms with E-state index in [1.807, 2.05) is 27.7 Å². The molecule has 1 aliphatic heterocycles. The number of primary sulfonamides is 1. The summed E-state index contributed by atoms with van der Waals surface area (Å²) in [5.41, 5.74) is -1.32. The maximum atomic E-state index is 15.0. The Labute approximate surface area is 147 Å². The Balaban J connectivity index is 2.55. The van der Waals surface area contributed by atoms with Gasteiger partial charge in [0.15, 0.2) is 0 Å². The van der Waals surface area contributed by atoms with Crippen LogP contribution in [-0.2, 0) is 19.3 Å². The molecule has 0 aromatic heterocycles. The fourth-order valence-corrected chi connectivity index (χ4v) is 3.86. The van der Waals surface area contributed by atoms with Gasteiger partial charge in [-0.25, -0.2) is 17.9 Å². The van der Waals surface area contributed by atoms with Crippen molar-refractivity contribution in [3.63, 3.8) is 0 Å². The number of hydrogen-bond donors (Lipinski definition) is 1. The predicted molar refractivity (Wildman–Crippen MR) is 93.3 cm³/mol. The summed E-state index contributed by atoms with van der Waals surface area (Å²) < 4.78 is 50.3. The second-order valence-corrected chi connectivity index (χ2v) is 9.16. The highest BCUT2D eigenvalue weighted by Crippen LogP contribution is 2.37. The van der Waals surface area contributed by atoms with E-state index >= 15 is 4.39 Å². The first-order valence-corrected chi connectivity index (χ1v) is 9.65. The SMILES string of the molecule is CCC(c1cc(Cl)cc(B2OC(C)(C)C(C)(C)O2)c1F)S(N)(=O)=O. The molecule has 1 aromatic carbocycles. The Hall–Kier alpha value is -0.665. The van der Waals surface area contributed by atoms with Crippen molar-refractivity contribution in [2.75, 3.05) is 0 Å². The van der Waals surface area contributed by atoms with Crippen LogP contribution in [-0.4, -0.2) is 26.7 Å². The number of hydrogen-bond acceptors (Lipinski definition) is 4. The highest BCUT2D eigenvalue weighted by molar-refractivity contribution is 7.89. The zero-order chi connectivity index (χ0) is 18.5. The van der Waals surface area contributed by atoms with E-state index in [9.17, 15) is 8.42 Å². The Bertz CT molecular complexity index is 738. The fraction of sp³-hybridized carbons (Fsp3) is 0.600. The molecule has 0 amide bonds. The molecule has 9 heteroatoms. The van der Waals surface area contributed by atoms with Gasteiger partial charge in [0.05, 0.1) is 11.2 Å². The van der Waals surface area contributed by atoms with Gasteiger partial charge in [-0.2, -0.15) is 0 Å². The number of sulfonamides is 1. The van der Waals surface area contributed by atoms with Crippen molar-refractivity contribution in [1.29, 1.82) is 0 Å². The van der Waals surface area contributed by atoms with Gasteiger partial charge in [-0.1, -0.05) is 18.5 Å². The smallest absolute Gasteiger partial charge is 0.399 e. The molecule has 1 heterocycles. The van der Waals surface area contributed by atoms with Gasteiger partial charge < -0.3 is 9.31 Å². The molecule has 0 radical (unpaired) electrons. The molecule has 1 unspecified atom stereocenters. The molecule has 1 saturated heterocycles. The van der Waals surface area contributed by atoms with Crippen molar-refractivity contribution < 1.29 is 22.1 Å². The molecule has 1 aliphatic rings. The quantitative estimate of drug-likeness (QED) is 0.818. The van der Waals surface area contributed by atoms with Crippen LogP contribution in [0.3, 0.4) is 0 Å². The van der Waals surface area contributed by atoms with E-state index in [-0.39, 0.29) is 22.5 Å². The zero-order valence-electron chi connectivity index (χ0n) is 14.4. The highest BCUT2D eigenvalue weighted by Gasteiger charge is 2.52. The zero-order valence-corrected chi connectivity index (χ0v) is 16.0. The lowest BCUT2D eigenvalue weighted by molar-refractivity contribution is 0.00578. The third kappa shape index (κ3) is 3.48. The van der Waals surface area contributed by atoms with Crippen LogP contribution in [0, 0.1) is 5.82 Å². The molecular formula is C15H22BClFNO4S. The van der Waals surface area contributed by atoms with Crippen molar-refractivity contribution in [1.82, 2.24) is 0 Å². The van der Waals surface area contributed by atoms with Crippen LogP contribution < -0.4 is 10.6 Å². The van der Waals surface area contributed by atoms with E-state index in [0.29, 0.717) is 0 Å². The van der Waals surface area contributed by atoms with Crippen LogP contribution in [0.4, 0.5) is 4.39 Å². The minimum Gasteiger partial charge on any atom is -0.399 e. The average Bonchev–Trinajstić information content (AvgIpc) is 2.61. The fourth-order valence-electron chi connectivity index (χ4n) is 2.64. The first-order chi connectivity index (χ1) is 10.8. The standard InChI is InChI=1S/C15H22BClFNO4S/c1-6-12(24(19,20)21)10-7-9(17)8-11(13(10)18)16-22-14(2,3)15(4,5)23-16/h7-8,12H,6H2,1-5H3,(H2,19,20,21). The first kappa shape index (κ1) is 19.7. The Kier molecular flexibility index (Phi) is 5.12. The molecule has 0 saturated carbocycles. The maximum absolute atomic E-state index is 15.0. The van der Waals surface area contributed by atoms with Crippen molar-refractivity contribution >= 4 is 34.2 Å². The van der Waals surface area contributed by atoms with Gasteiger partial charge in [-0.15, -0.1) is 0 Å². The second kappa shape index (κ2) is 6.25. The summed E-state index contributed by atoms with van der Waals surface area (Å²) in [5.74, 6) is -0.723. The van der Waals surface area contributed by atoms with Gasteiger partial charge in [-0.3, -0.25) is 0 Å². The van der Waals surface area contributed by atoms with Crippen LogP contribution in [0.1, 0.15) is 51.9 Å². The molecule has 24 heavy (non-hydrogen) atoms. The number of halogens is 2. The third-order valence-corrected chi connectivity index (χ3v) is 6.31. The molecule has 134 valence electrons. The van der Waals surface area contributed by atoms with Crippen molar-refractivity contribution in [2.24, 2.45) is 5.14 Å². The summed E-state index contributed by atoms with van der Waals surface area (Å²) in [6, 6.07) is 2.67. The largest absolute Gasteiger partial charge is 0.497 e. The maximum Gasteiger partial charge on any atom is 0.497 e. The molecule has 0 spiro atoms. The lowest BCUT2D eigenvalue weighted by atomic mass is 9.77. The predicted octanol–water partition coefficient (Wildman–Crippen LogP) is 2.52. The van der Waals surface area contributed by atoms with Crippen LogP contribution >= 0.6 is 11.6 Å². The average molecular weight is 378 g/mol. The number of rotatable bonds is 4. The minimum atomic E-state index is -3.97. The summed E-state index contributed by atoms with van der Waals surface area (Å²) in [4.78, 5) is 0. The Morgan fingerprint density at radius 1 is 1.25 bits per heavy atom. The van der Waals surface area contributed by atoms with Crippen LogP contribution in [0.5, 0.6) is 0 Å². The van der Waals surface area contributed by atoms with Crippen molar-refractivity contribution in [3.05, 3.63) is 28.5 Å². The molecule has 5 nitrogen and oxygen atoms in total. The lowest BCUT2D eigenvalue weighted by Gasteiger charge is -2.32. The summed E-state index contributed by atoms with van der Waals surface area (Å²) in [6.07, 6.45) is 0.124. The van der Waals surface area contributed by atoms with Crippen molar-refractivity contribution in [2.45, 2.75) is 57.5 Å². The van der Waals surface area contributed by atoms with Crippen LogP contribution in [0.2, 0.25) is 5.02 Å². The van der Waals surface area contributed by atoms with Gasteiger partial charge in [0, 0.05) is 16.0 Å². The van der Waals surface area contributed by atoms with E-state index < -0.39 is 39.4 Å². The molecular weight excluding hydrogens is 355 g/mol. The second-order valence-electron chi connectivity index (χ2n) is 6.97. The van der Waals surface area contributed by atoms with Crippen LogP contribution in [0.15, 0.2) is 12.1 Å². The number of nitrogens with two attached hydrogens (primary N) is 1. The van der Waals surface area contributed by atoms with Crippen molar-refractivity contribution in [3.8, 4) is 0 Å². The first-order valence-electron chi connectivity index (χ1n) is 7.66. The van der Waals surface area contributed by atoms with Crippen LogP contribution in [0.25, 0.3) is 0 Å². The molecule has 1 fully saturated rings. The molecule has 0 aliphatic carbocycles. The van der Waals surface area contributed by atoms with Gasteiger partial charge in [0.1, 0.15) is 11.1 Å². The monoisotopic (exact) mass is 377 g/mol. The lowest BCUT2D eigenvalue weighted by Crippen LogP contribution is -2.41. The topological polar surface area (TPSA) is 78.6 Å². The van der Waals surface area contributed by atoms with E-state index in [1.54, 1.807) is 6.92 Å². The highest BCUT2D eigenvalue weighted by atomic mass is 35.5. The molecule has 0 bridgehead atoms. The summed E-state index contributed by atoms with van der Waals surface area (Å²) >= 11 is 6.08. The van der Waals surface area contributed by atoms with E-state index in [1.165, 1.54) is 12.1 Å². The van der Waals surface area contributed by atoms with Gasteiger partial charge in [0.25, 0.3) is 0 Å². The summed E-state index contributed by atoms with van der Waals surface area (Å²) in [5, 5.41) is 4.24. The minimum absolute atomic E-state index is 0.0678. The van der Waals surface area contributed by atoms with E-state index in [4.69, 9.17) is 26.0 Å². The molecule has 2 N–H and O–H groups in total. The Morgan fingerprint density at radius 2 is 1.75 bits per heavy atom. The Morgan fingerprint density at radius 3 is 2.17 bits per heavy atom. The van der Waals surface area contributed by atoms with E-state index in [2.05, 4.69) is 0 Å². The van der Waals surface area contributed by atoms with Gasteiger partial charge in [0.2, 0.25) is 10.0 Å². The van der Waals surface area contributed by atoms with Gasteiger partial charge in [-0.05, 0) is 46.2 Å². The molecule has 1 atom stereocenters. The third-order valence-electron chi connectivity index (χ3n) is 4.72. The molecule has 2 rings (SSSR count).